The van der Waals surface area contributed by atoms with Gasteiger partial charge in [0.1, 0.15) is 12.4 Å². The zero-order valence-electron chi connectivity index (χ0n) is 12.5. The van der Waals surface area contributed by atoms with E-state index < -0.39 is 0 Å². The summed E-state index contributed by atoms with van der Waals surface area (Å²) in [6.07, 6.45) is 3.52. The summed E-state index contributed by atoms with van der Waals surface area (Å²) in [5, 5.41) is 0. The van der Waals surface area contributed by atoms with Gasteiger partial charge in [0.15, 0.2) is 0 Å². The largest absolute Gasteiger partial charge is 0.492 e. The fourth-order valence-corrected chi connectivity index (χ4v) is 3.19. The Bertz CT molecular complexity index is 393. The smallest absolute Gasteiger partial charge is 0.122 e. The fourth-order valence-electron chi connectivity index (χ4n) is 2.89. The van der Waals surface area contributed by atoms with Crippen molar-refractivity contribution in [1.29, 1.82) is 0 Å². The lowest BCUT2D eigenvalue weighted by Gasteiger charge is -2.35. The van der Waals surface area contributed by atoms with E-state index in [1.54, 1.807) is 0 Å². The molecule has 20 heavy (non-hydrogen) atoms. The molecular formula is C16H26ClNOS. The number of halogens is 1. The number of hydrogen-bond acceptors (Lipinski definition) is 3. The molecule has 0 fully saturated rings. The summed E-state index contributed by atoms with van der Waals surface area (Å²) in [4.78, 5) is 2.58. The second-order valence-corrected chi connectivity index (χ2v) is 5.57. The van der Waals surface area contributed by atoms with E-state index in [-0.39, 0.29) is 12.4 Å². The number of hydrogen-bond donors (Lipinski definition) is 1. The van der Waals surface area contributed by atoms with Crippen LogP contribution in [0.5, 0.6) is 5.75 Å². The van der Waals surface area contributed by atoms with Gasteiger partial charge in [0.25, 0.3) is 0 Å². The lowest BCUT2D eigenvalue weighted by atomic mass is 9.97. The molecule has 0 amide bonds. The number of nitrogens with zero attached hydrogens (tertiary/aromatic N) is 1. The molecule has 0 bridgehead atoms. The Labute approximate surface area is 134 Å². The van der Waals surface area contributed by atoms with Crippen LogP contribution in [0.15, 0.2) is 18.2 Å². The van der Waals surface area contributed by atoms with Gasteiger partial charge in [-0.2, -0.15) is 12.6 Å². The first-order valence-electron chi connectivity index (χ1n) is 7.38. The van der Waals surface area contributed by atoms with E-state index in [4.69, 9.17) is 4.74 Å². The molecule has 0 spiro atoms. The monoisotopic (exact) mass is 315 g/mol. The first kappa shape index (κ1) is 17.7. The maximum atomic E-state index is 5.98. The van der Waals surface area contributed by atoms with Crippen molar-refractivity contribution in [2.75, 3.05) is 19.7 Å². The normalized spacial score (nSPS) is 17.3. The molecule has 2 rings (SSSR count). The van der Waals surface area contributed by atoms with Crippen molar-refractivity contribution >= 4 is 25.0 Å². The summed E-state index contributed by atoms with van der Waals surface area (Å²) in [5.74, 6) is 1.86. The number of benzene rings is 1. The maximum absolute atomic E-state index is 5.98. The van der Waals surface area contributed by atoms with Gasteiger partial charge in [-0.3, -0.25) is 4.90 Å². The van der Waals surface area contributed by atoms with Crippen LogP contribution in [0.25, 0.3) is 0 Å². The molecule has 1 aliphatic heterocycles. The highest BCUT2D eigenvalue weighted by atomic mass is 35.5. The molecule has 0 radical (unpaired) electrons. The van der Waals surface area contributed by atoms with Crippen molar-refractivity contribution < 1.29 is 4.74 Å². The molecule has 4 heteroatoms. The van der Waals surface area contributed by atoms with Gasteiger partial charge >= 0.3 is 0 Å². The van der Waals surface area contributed by atoms with Crippen LogP contribution in [-0.2, 0) is 12.2 Å². The lowest BCUT2D eigenvalue weighted by molar-refractivity contribution is 0.119. The molecule has 0 saturated carbocycles. The Morgan fingerprint density at radius 3 is 2.55 bits per heavy atom. The van der Waals surface area contributed by atoms with Gasteiger partial charge in [-0.25, -0.2) is 0 Å². The van der Waals surface area contributed by atoms with E-state index in [0.717, 1.165) is 24.5 Å². The van der Waals surface area contributed by atoms with Crippen molar-refractivity contribution in [3.63, 3.8) is 0 Å². The highest BCUT2D eigenvalue weighted by Crippen LogP contribution is 2.30. The van der Waals surface area contributed by atoms with Crippen LogP contribution in [0, 0.1) is 0 Å². The van der Waals surface area contributed by atoms with E-state index >= 15 is 0 Å². The predicted octanol–water partition coefficient (Wildman–Crippen LogP) is 3.96. The molecule has 1 aromatic rings. The predicted molar refractivity (Wildman–Crippen MR) is 91.5 cm³/mol. The van der Waals surface area contributed by atoms with Crippen molar-refractivity contribution in [1.82, 2.24) is 4.90 Å². The molecular weight excluding hydrogens is 290 g/mol. The van der Waals surface area contributed by atoms with Crippen LogP contribution in [0.3, 0.4) is 0 Å². The lowest BCUT2D eigenvalue weighted by Crippen LogP contribution is -2.44. The zero-order chi connectivity index (χ0) is 13.7. The van der Waals surface area contributed by atoms with Gasteiger partial charge in [0.05, 0.1) is 0 Å². The van der Waals surface area contributed by atoms with E-state index in [0.29, 0.717) is 6.04 Å². The van der Waals surface area contributed by atoms with Crippen LogP contribution >= 0.6 is 25.0 Å². The number of ether oxygens (including phenoxy) is 1. The first-order valence-corrected chi connectivity index (χ1v) is 8.01. The van der Waals surface area contributed by atoms with Crippen molar-refractivity contribution in [2.45, 2.75) is 44.9 Å². The standard InChI is InChI=1S/C16H25NOS.ClH/c1-3-8-17(9-4-2)14-10-15-13(12-19)6-5-7-16(15)18-11-14;/h5-7,14,19H,3-4,8-12H2,1-2H3;1H. The second kappa shape index (κ2) is 8.81. The van der Waals surface area contributed by atoms with E-state index in [2.05, 4.69) is 49.6 Å². The minimum atomic E-state index is 0. The van der Waals surface area contributed by atoms with Crippen molar-refractivity contribution in [3.8, 4) is 5.75 Å². The summed E-state index contributed by atoms with van der Waals surface area (Å²) in [5.41, 5.74) is 2.68. The van der Waals surface area contributed by atoms with Gasteiger partial charge in [0, 0.05) is 11.8 Å². The van der Waals surface area contributed by atoms with Crippen LogP contribution in [0.4, 0.5) is 0 Å². The maximum Gasteiger partial charge on any atom is 0.122 e. The molecule has 1 aliphatic rings. The van der Waals surface area contributed by atoms with Crippen LogP contribution < -0.4 is 4.74 Å². The van der Waals surface area contributed by atoms with Gasteiger partial charge in [-0.05, 0) is 49.5 Å². The van der Waals surface area contributed by atoms with Crippen LogP contribution in [-0.4, -0.2) is 30.6 Å². The highest BCUT2D eigenvalue weighted by molar-refractivity contribution is 7.79. The third kappa shape index (κ3) is 4.06. The Balaban J connectivity index is 0.00000200. The molecule has 0 aliphatic carbocycles. The first-order chi connectivity index (χ1) is 9.30. The summed E-state index contributed by atoms with van der Waals surface area (Å²) in [6, 6.07) is 6.85. The van der Waals surface area contributed by atoms with Crippen molar-refractivity contribution in [2.24, 2.45) is 0 Å². The molecule has 1 heterocycles. The summed E-state index contributed by atoms with van der Waals surface area (Å²) < 4.78 is 5.98. The Kier molecular flexibility index (Phi) is 7.78. The quantitative estimate of drug-likeness (QED) is 0.798. The minimum Gasteiger partial charge on any atom is -0.492 e. The summed E-state index contributed by atoms with van der Waals surface area (Å²) in [7, 11) is 0. The van der Waals surface area contributed by atoms with E-state index in [1.807, 2.05) is 0 Å². The molecule has 2 nitrogen and oxygen atoms in total. The minimum absolute atomic E-state index is 0. The molecule has 1 aromatic carbocycles. The molecule has 1 atom stereocenters. The highest BCUT2D eigenvalue weighted by Gasteiger charge is 2.25. The van der Waals surface area contributed by atoms with E-state index in [9.17, 15) is 0 Å². The molecule has 0 aromatic heterocycles. The third-order valence-electron chi connectivity index (χ3n) is 3.81. The molecule has 114 valence electrons. The zero-order valence-corrected chi connectivity index (χ0v) is 14.2. The average molecular weight is 316 g/mol. The summed E-state index contributed by atoms with van der Waals surface area (Å²) in [6.45, 7) is 7.66. The second-order valence-electron chi connectivity index (χ2n) is 5.26. The Hall–Kier alpha value is -0.380. The van der Waals surface area contributed by atoms with Gasteiger partial charge in [-0.15, -0.1) is 12.4 Å². The Morgan fingerprint density at radius 1 is 1.25 bits per heavy atom. The number of thiol groups is 1. The molecule has 0 saturated heterocycles. The number of rotatable bonds is 6. The Morgan fingerprint density at radius 2 is 1.95 bits per heavy atom. The van der Waals surface area contributed by atoms with Gasteiger partial charge < -0.3 is 4.74 Å². The topological polar surface area (TPSA) is 12.5 Å². The molecule has 0 N–H and O–H groups in total. The SMILES string of the molecule is CCCN(CCC)C1COc2cccc(CS)c2C1.Cl. The van der Waals surface area contributed by atoms with Crippen LogP contribution in [0.2, 0.25) is 0 Å². The van der Waals surface area contributed by atoms with Gasteiger partial charge in [0.2, 0.25) is 0 Å². The third-order valence-corrected chi connectivity index (χ3v) is 4.15. The van der Waals surface area contributed by atoms with Crippen LogP contribution in [0.1, 0.15) is 37.8 Å². The van der Waals surface area contributed by atoms with Gasteiger partial charge in [-0.1, -0.05) is 26.0 Å². The van der Waals surface area contributed by atoms with E-state index in [1.165, 1.54) is 37.1 Å². The number of fused-ring (bicyclic) bond motifs is 1. The molecule has 1 unspecified atom stereocenters. The van der Waals surface area contributed by atoms with Crippen molar-refractivity contribution in [3.05, 3.63) is 29.3 Å². The fraction of sp³-hybridized carbons (Fsp3) is 0.625. The summed E-state index contributed by atoms with van der Waals surface area (Å²) >= 11 is 4.44. The average Bonchev–Trinajstić information content (AvgIpc) is 2.46.